The summed E-state index contributed by atoms with van der Waals surface area (Å²) in [4.78, 5) is 29.7. The Morgan fingerprint density at radius 2 is 1.54 bits per heavy atom. The summed E-state index contributed by atoms with van der Waals surface area (Å²) in [5, 5.41) is 3.37. The van der Waals surface area contributed by atoms with Crippen LogP contribution in [0.4, 0.5) is 5.69 Å². The Bertz CT molecular complexity index is 1700. The monoisotopic (exact) mass is 725 g/mol. The topological polar surface area (TPSA) is 96.0 Å². The van der Waals surface area contributed by atoms with Crippen LogP contribution in [0.15, 0.2) is 112 Å². The highest BCUT2D eigenvalue weighted by Crippen LogP contribution is 2.28. The number of carbonyl (C=O) groups is 2. The highest BCUT2D eigenvalue weighted by molar-refractivity contribution is 9.10. The molecular formula is C35H37BrClN3O5S. The number of sulfonamides is 1. The van der Waals surface area contributed by atoms with Gasteiger partial charge in [-0.15, -0.1) is 0 Å². The molecule has 0 spiro atoms. The van der Waals surface area contributed by atoms with Crippen molar-refractivity contribution in [2.24, 2.45) is 0 Å². The van der Waals surface area contributed by atoms with Crippen LogP contribution in [-0.2, 0) is 32.6 Å². The van der Waals surface area contributed by atoms with E-state index in [0.717, 1.165) is 9.87 Å². The van der Waals surface area contributed by atoms with Crippen LogP contribution in [0.1, 0.15) is 31.4 Å². The quantitative estimate of drug-likeness (QED) is 0.145. The van der Waals surface area contributed by atoms with Crippen molar-refractivity contribution in [1.29, 1.82) is 0 Å². The first-order valence-electron chi connectivity index (χ1n) is 15.0. The van der Waals surface area contributed by atoms with E-state index in [0.29, 0.717) is 40.4 Å². The van der Waals surface area contributed by atoms with Gasteiger partial charge in [0, 0.05) is 29.0 Å². The van der Waals surface area contributed by atoms with E-state index in [2.05, 4.69) is 21.2 Å². The molecule has 4 rings (SSSR count). The zero-order valence-electron chi connectivity index (χ0n) is 25.7. The molecule has 4 aromatic carbocycles. The minimum atomic E-state index is -4.23. The van der Waals surface area contributed by atoms with Gasteiger partial charge in [0.1, 0.15) is 18.3 Å². The maximum absolute atomic E-state index is 14.5. The molecule has 11 heteroatoms. The summed E-state index contributed by atoms with van der Waals surface area (Å²) in [5.41, 5.74) is 1.75. The van der Waals surface area contributed by atoms with Gasteiger partial charge in [0.25, 0.3) is 10.0 Å². The largest absolute Gasteiger partial charge is 0.494 e. The molecule has 0 saturated heterocycles. The SMILES string of the molecule is CCCNC(=O)[C@H](Cc1ccccc1)N(Cc1ccccc1Cl)C(=O)CN(c1ccc(OCC)cc1)S(=O)(=O)c1ccc(Br)cc1. The Morgan fingerprint density at radius 3 is 2.17 bits per heavy atom. The van der Waals surface area contributed by atoms with E-state index in [1.807, 2.05) is 44.2 Å². The molecule has 0 aliphatic heterocycles. The first-order chi connectivity index (χ1) is 22.1. The molecule has 4 aromatic rings. The third-order valence-corrected chi connectivity index (χ3v) is 9.92. The lowest BCUT2D eigenvalue weighted by molar-refractivity contribution is -0.140. The molecule has 0 aliphatic carbocycles. The molecule has 0 fully saturated rings. The molecule has 46 heavy (non-hydrogen) atoms. The molecule has 0 aromatic heterocycles. The number of amides is 2. The van der Waals surface area contributed by atoms with Crippen LogP contribution < -0.4 is 14.4 Å². The van der Waals surface area contributed by atoms with Crippen molar-refractivity contribution in [3.05, 3.63) is 124 Å². The average molecular weight is 727 g/mol. The lowest BCUT2D eigenvalue weighted by Crippen LogP contribution is -2.53. The predicted octanol–water partition coefficient (Wildman–Crippen LogP) is 6.86. The fourth-order valence-electron chi connectivity index (χ4n) is 4.87. The number of hydrogen-bond donors (Lipinski definition) is 1. The smallest absolute Gasteiger partial charge is 0.264 e. The minimum absolute atomic E-state index is 0.00893. The van der Waals surface area contributed by atoms with Gasteiger partial charge in [-0.3, -0.25) is 13.9 Å². The van der Waals surface area contributed by atoms with Crippen molar-refractivity contribution in [2.75, 3.05) is 24.0 Å². The molecule has 0 unspecified atom stereocenters. The van der Waals surface area contributed by atoms with Crippen molar-refractivity contribution in [3.63, 3.8) is 0 Å². The minimum Gasteiger partial charge on any atom is -0.494 e. The second-order valence-electron chi connectivity index (χ2n) is 10.5. The third-order valence-electron chi connectivity index (χ3n) is 7.24. The molecule has 0 radical (unpaired) electrons. The molecule has 242 valence electrons. The van der Waals surface area contributed by atoms with Crippen LogP contribution in [0.5, 0.6) is 5.75 Å². The van der Waals surface area contributed by atoms with Crippen LogP contribution in [-0.4, -0.2) is 50.9 Å². The van der Waals surface area contributed by atoms with E-state index in [1.165, 1.54) is 17.0 Å². The van der Waals surface area contributed by atoms with Gasteiger partial charge in [-0.1, -0.05) is 83.0 Å². The van der Waals surface area contributed by atoms with Gasteiger partial charge in [0.05, 0.1) is 17.2 Å². The number of nitrogens with zero attached hydrogens (tertiary/aromatic N) is 2. The molecule has 0 heterocycles. The van der Waals surface area contributed by atoms with Gasteiger partial charge >= 0.3 is 0 Å². The van der Waals surface area contributed by atoms with E-state index in [4.69, 9.17) is 16.3 Å². The van der Waals surface area contributed by atoms with Crippen LogP contribution in [0.3, 0.4) is 0 Å². The number of benzene rings is 4. The van der Waals surface area contributed by atoms with Crippen molar-refractivity contribution < 1.29 is 22.7 Å². The number of ether oxygens (including phenoxy) is 1. The van der Waals surface area contributed by atoms with Crippen molar-refractivity contribution in [1.82, 2.24) is 10.2 Å². The maximum Gasteiger partial charge on any atom is 0.264 e. The zero-order chi connectivity index (χ0) is 33.1. The zero-order valence-corrected chi connectivity index (χ0v) is 28.9. The Balaban J connectivity index is 1.80. The van der Waals surface area contributed by atoms with Crippen LogP contribution >= 0.6 is 27.5 Å². The summed E-state index contributed by atoms with van der Waals surface area (Å²) in [5.74, 6) is -0.342. The maximum atomic E-state index is 14.5. The molecular weight excluding hydrogens is 690 g/mol. The van der Waals surface area contributed by atoms with Gasteiger partial charge in [-0.05, 0) is 79.1 Å². The second-order valence-corrected chi connectivity index (χ2v) is 13.7. The highest BCUT2D eigenvalue weighted by Gasteiger charge is 2.35. The van der Waals surface area contributed by atoms with Crippen LogP contribution in [0, 0.1) is 0 Å². The second kappa shape index (κ2) is 16.6. The number of carbonyl (C=O) groups excluding carboxylic acids is 2. The summed E-state index contributed by atoms with van der Waals surface area (Å²) in [7, 11) is -4.23. The molecule has 1 N–H and O–H groups in total. The Kier molecular flexibility index (Phi) is 12.7. The normalized spacial score (nSPS) is 11.8. The molecule has 0 bridgehead atoms. The molecule has 8 nitrogen and oxygen atoms in total. The van der Waals surface area contributed by atoms with Gasteiger partial charge in [-0.2, -0.15) is 0 Å². The Labute approximate surface area is 284 Å². The standard InChI is InChI=1S/C35H37BrClN3O5S/c1-3-22-38-35(42)33(23-26-10-6-5-7-11-26)39(24-27-12-8-9-13-32(27)37)34(41)25-40(29-16-18-30(19-17-29)45-4-2)46(43,44)31-20-14-28(36)15-21-31/h5-21,33H,3-4,22-25H2,1-2H3,(H,38,42)/t33-/m0/s1. The number of anilines is 1. The van der Waals surface area contributed by atoms with E-state index < -0.39 is 28.5 Å². The lowest BCUT2D eigenvalue weighted by Gasteiger charge is -2.34. The molecule has 0 saturated carbocycles. The number of rotatable bonds is 15. The third kappa shape index (κ3) is 9.11. The lowest BCUT2D eigenvalue weighted by atomic mass is 10.0. The van der Waals surface area contributed by atoms with Gasteiger partial charge in [-0.25, -0.2) is 8.42 Å². The van der Waals surface area contributed by atoms with Crippen LogP contribution in [0.25, 0.3) is 0 Å². The Hall–Kier alpha value is -3.86. The van der Waals surface area contributed by atoms with Crippen LogP contribution in [0.2, 0.25) is 5.02 Å². The van der Waals surface area contributed by atoms with E-state index in [1.54, 1.807) is 60.7 Å². The van der Waals surface area contributed by atoms with Crippen molar-refractivity contribution in [2.45, 2.75) is 44.2 Å². The molecule has 1 atom stereocenters. The number of nitrogens with one attached hydrogen (secondary N) is 1. The van der Waals surface area contributed by atoms with Gasteiger partial charge in [0.15, 0.2) is 0 Å². The first kappa shape index (κ1) is 35.0. The fraction of sp³-hybridized carbons (Fsp3) is 0.257. The average Bonchev–Trinajstić information content (AvgIpc) is 3.06. The van der Waals surface area contributed by atoms with Crippen molar-refractivity contribution in [3.8, 4) is 5.75 Å². The van der Waals surface area contributed by atoms with E-state index >= 15 is 0 Å². The van der Waals surface area contributed by atoms with Gasteiger partial charge < -0.3 is 15.0 Å². The molecule has 0 aliphatic rings. The number of hydrogen-bond acceptors (Lipinski definition) is 5. The van der Waals surface area contributed by atoms with E-state index in [-0.39, 0.29) is 29.5 Å². The summed E-state index contributed by atoms with van der Waals surface area (Å²) in [6.07, 6.45) is 0.925. The van der Waals surface area contributed by atoms with Crippen molar-refractivity contribution >= 4 is 55.1 Å². The highest BCUT2D eigenvalue weighted by atomic mass is 79.9. The summed E-state index contributed by atoms with van der Waals surface area (Å²) < 4.78 is 35.7. The molecule has 2 amide bonds. The summed E-state index contributed by atoms with van der Waals surface area (Å²) in [6, 6.07) is 28.3. The fourth-order valence-corrected chi connectivity index (χ4v) is 6.74. The summed E-state index contributed by atoms with van der Waals surface area (Å²) in [6.45, 7) is 4.09. The summed E-state index contributed by atoms with van der Waals surface area (Å²) >= 11 is 9.90. The predicted molar refractivity (Wildman–Crippen MR) is 186 cm³/mol. The first-order valence-corrected chi connectivity index (χ1v) is 17.6. The Morgan fingerprint density at radius 1 is 0.891 bits per heavy atom. The number of halogens is 2. The van der Waals surface area contributed by atoms with E-state index in [9.17, 15) is 18.0 Å². The van der Waals surface area contributed by atoms with Gasteiger partial charge in [0.2, 0.25) is 11.8 Å².